The van der Waals surface area contributed by atoms with Gasteiger partial charge >= 0.3 is 0 Å². The molecule has 0 unspecified atom stereocenters. The molecule has 30 heavy (non-hydrogen) atoms. The number of nitrogens with zero attached hydrogens (tertiary/aromatic N) is 2. The molecule has 0 heterocycles. The normalized spacial score (nSPS) is 11.3. The zero-order valence-corrected chi connectivity index (χ0v) is 18.5. The summed E-state index contributed by atoms with van der Waals surface area (Å²) in [6.07, 6.45) is 2.45. The molecular formula is C20H24ClN3O5S. The van der Waals surface area contributed by atoms with Crippen LogP contribution in [-0.2, 0) is 14.8 Å². The quantitative estimate of drug-likeness (QED) is 0.440. The lowest BCUT2D eigenvalue weighted by Gasteiger charge is -2.21. The highest BCUT2D eigenvalue weighted by Gasteiger charge is 2.20. The van der Waals surface area contributed by atoms with Gasteiger partial charge in [0.15, 0.2) is 11.5 Å². The number of anilines is 1. The summed E-state index contributed by atoms with van der Waals surface area (Å²) in [6, 6.07) is 11.4. The number of amides is 1. The van der Waals surface area contributed by atoms with Crippen LogP contribution in [0.15, 0.2) is 47.6 Å². The molecule has 8 nitrogen and oxygen atoms in total. The van der Waals surface area contributed by atoms with Gasteiger partial charge in [-0.15, -0.1) is 0 Å². The van der Waals surface area contributed by atoms with E-state index in [4.69, 9.17) is 21.1 Å². The molecule has 0 atom stereocenters. The Labute approximate surface area is 181 Å². The topological polar surface area (TPSA) is 97.3 Å². The van der Waals surface area contributed by atoms with Gasteiger partial charge in [-0.05, 0) is 61.9 Å². The molecule has 0 saturated heterocycles. The van der Waals surface area contributed by atoms with Gasteiger partial charge in [-0.2, -0.15) is 5.10 Å². The largest absolute Gasteiger partial charge is 0.490 e. The first-order valence-electron chi connectivity index (χ1n) is 9.19. The minimum Gasteiger partial charge on any atom is -0.490 e. The van der Waals surface area contributed by atoms with Crippen LogP contribution in [0.2, 0.25) is 5.02 Å². The molecular weight excluding hydrogens is 430 g/mol. The highest BCUT2D eigenvalue weighted by atomic mass is 35.5. The smallest absolute Gasteiger partial charge is 0.260 e. The highest BCUT2D eigenvalue weighted by Crippen LogP contribution is 2.28. The fourth-order valence-corrected chi connectivity index (χ4v) is 3.48. The van der Waals surface area contributed by atoms with Gasteiger partial charge in [0.2, 0.25) is 10.0 Å². The standard InChI is InChI=1S/C20H24ClN3O5S/c1-4-28-18-11-6-15(12-19(18)29-5-2)13-22-23-20(25)14-24(30(3,26)27)17-9-7-16(21)8-10-17/h6-13H,4-5,14H2,1-3H3,(H,23,25)/b22-13-. The Morgan fingerprint density at radius 1 is 1.10 bits per heavy atom. The van der Waals surface area contributed by atoms with Gasteiger partial charge in [0, 0.05) is 5.02 Å². The second-order valence-corrected chi connectivity index (χ2v) is 8.45. The van der Waals surface area contributed by atoms with Crippen molar-refractivity contribution in [1.82, 2.24) is 5.43 Å². The van der Waals surface area contributed by atoms with Gasteiger partial charge in [0.1, 0.15) is 6.54 Å². The van der Waals surface area contributed by atoms with Crippen LogP contribution in [0.3, 0.4) is 0 Å². The lowest BCUT2D eigenvalue weighted by Crippen LogP contribution is -2.38. The van der Waals surface area contributed by atoms with Crippen molar-refractivity contribution in [3.05, 3.63) is 53.1 Å². The van der Waals surface area contributed by atoms with Gasteiger partial charge < -0.3 is 9.47 Å². The number of hydrogen-bond donors (Lipinski definition) is 1. The Hall–Kier alpha value is -2.78. The summed E-state index contributed by atoms with van der Waals surface area (Å²) < 4.78 is 36.2. The van der Waals surface area contributed by atoms with E-state index in [1.807, 2.05) is 13.8 Å². The highest BCUT2D eigenvalue weighted by molar-refractivity contribution is 7.92. The van der Waals surface area contributed by atoms with Crippen LogP contribution in [-0.4, -0.2) is 46.6 Å². The molecule has 0 aliphatic carbocycles. The minimum absolute atomic E-state index is 0.328. The van der Waals surface area contributed by atoms with Crippen LogP contribution >= 0.6 is 11.6 Å². The molecule has 2 aromatic carbocycles. The second-order valence-electron chi connectivity index (χ2n) is 6.11. The van der Waals surface area contributed by atoms with Gasteiger partial charge in [-0.25, -0.2) is 13.8 Å². The average molecular weight is 454 g/mol. The van der Waals surface area contributed by atoms with Crippen molar-refractivity contribution in [2.24, 2.45) is 5.10 Å². The number of benzene rings is 2. The molecule has 2 aromatic rings. The van der Waals surface area contributed by atoms with Crippen molar-refractivity contribution in [3.63, 3.8) is 0 Å². The maximum absolute atomic E-state index is 12.2. The SMILES string of the molecule is CCOc1ccc(/C=N\NC(=O)CN(c2ccc(Cl)cc2)S(C)(=O)=O)cc1OCC. The van der Waals surface area contributed by atoms with Crippen molar-refractivity contribution in [2.75, 3.05) is 30.3 Å². The molecule has 0 aliphatic rings. The third kappa shape index (κ3) is 6.93. The van der Waals surface area contributed by atoms with Crippen LogP contribution in [0.5, 0.6) is 11.5 Å². The second kappa shape index (κ2) is 10.8. The summed E-state index contributed by atoms with van der Waals surface area (Å²) >= 11 is 5.84. The zero-order valence-electron chi connectivity index (χ0n) is 17.0. The first-order chi connectivity index (χ1) is 14.2. The average Bonchev–Trinajstić information content (AvgIpc) is 2.68. The Balaban J connectivity index is 2.07. The Morgan fingerprint density at radius 2 is 1.73 bits per heavy atom. The number of rotatable bonds is 10. The fraction of sp³-hybridized carbons (Fsp3) is 0.300. The van der Waals surface area contributed by atoms with Crippen LogP contribution < -0.4 is 19.2 Å². The molecule has 0 spiro atoms. The molecule has 0 saturated carbocycles. The molecule has 1 N–H and O–H groups in total. The molecule has 0 radical (unpaired) electrons. The summed E-state index contributed by atoms with van der Waals surface area (Å²) in [7, 11) is -3.68. The predicted molar refractivity (Wildman–Crippen MR) is 118 cm³/mol. The molecule has 10 heteroatoms. The van der Waals surface area contributed by atoms with E-state index in [0.717, 1.165) is 10.6 Å². The minimum atomic E-state index is -3.68. The summed E-state index contributed by atoms with van der Waals surface area (Å²) in [5.41, 5.74) is 3.34. The van der Waals surface area contributed by atoms with E-state index >= 15 is 0 Å². The van der Waals surface area contributed by atoms with Gasteiger partial charge in [-0.1, -0.05) is 11.6 Å². The number of carbonyl (C=O) groups is 1. The monoisotopic (exact) mass is 453 g/mol. The number of hydrazone groups is 1. The summed E-state index contributed by atoms with van der Waals surface area (Å²) in [4.78, 5) is 12.2. The van der Waals surface area contributed by atoms with Crippen LogP contribution in [0, 0.1) is 0 Å². The number of ether oxygens (including phenoxy) is 2. The first-order valence-corrected chi connectivity index (χ1v) is 11.4. The van der Waals surface area contributed by atoms with Crippen LogP contribution in [0.4, 0.5) is 5.69 Å². The lowest BCUT2D eigenvalue weighted by atomic mass is 10.2. The zero-order chi connectivity index (χ0) is 22.1. The Morgan fingerprint density at radius 3 is 2.33 bits per heavy atom. The molecule has 2 rings (SSSR count). The van der Waals surface area contributed by atoms with Crippen LogP contribution in [0.1, 0.15) is 19.4 Å². The van der Waals surface area contributed by atoms with Crippen molar-refractivity contribution < 1.29 is 22.7 Å². The molecule has 1 amide bonds. The summed E-state index contributed by atoms with van der Waals surface area (Å²) in [6.45, 7) is 4.30. The van der Waals surface area contributed by atoms with Crippen molar-refractivity contribution in [3.8, 4) is 11.5 Å². The van der Waals surface area contributed by atoms with E-state index < -0.39 is 22.5 Å². The Bertz CT molecular complexity index is 994. The third-order valence-electron chi connectivity index (χ3n) is 3.77. The number of nitrogens with one attached hydrogen (secondary N) is 1. The van der Waals surface area contributed by atoms with Crippen molar-refractivity contribution >= 4 is 39.4 Å². The third-order valence-corrected chi connectivity index (χ3v) is 5.17. The maximum Gasteiger partial charge on any atom is 0.260 e. The van der Waals surface area contributed by atoms with E-state index in [-0.39, 0.29) is 0 Å². The number of carbonyl (C=O) groups excluding carboxylic acids is 1. The molecule has 0 aromatic heterocycles. The fourth-order valence-electron chi connectivity index (χ4n) is 2.50. The predicted octanol–water partition coefficient (Wildman–Crippen LogP) is 3.05. The van der Waals surface area contributed by atoms with E-state index in [9.17, 15) is 13.2 Å². The molecule has 0 fully saturated rings. The van der Waals surface area contributed by atoms with Gasteiger partial charge in [-0.3, -0.25) is 9.10 Å². The van der Waals surface area contributed by atoms with E-state index in [1.165, 1.54) is 18.3 Å². The molecule has 0 bridgehead atoms. The maximum atomic E-state index is 12.2. The number of hydrogen-bond acceptors (Lipinski definition) is 6. The molecule has 162 valence electrons. The van der Waals surface area contributed by atoms with Gasteiger partial charge in [0.05, 0.1) is 31.4 Å². The van der Waals surface area contributed by atoms with Crippen molar-refractivity contribution in [1.29, 1.82) is 0 Å². The number of halogens is 1. The van der Waals surface area contributed by atoms with Crippen molar-refractivity contribution in [2.45, 2.75) is 13.8 Å². The van der Waals surface area contributed by atoms with Crippen LogP contribution in [0.25, 0.3) is 0 Å². The van der Waals surface area contributed by atoms with E-state index in [1.54, 1.807) is 30.3 Å². The Kier molecular flexibility index (Phi) is 8.49. The van der Waals surface area contributed by atoms with E-state index in [0.29, 0.717) is 41.0 Å². The lowest BCUT2D eigenvalue weighted by molar-refractivity contribution is -0.119. The first kappa shape index (κ1) is 23.5. The van der Waals surface area contributed by atoms with Gasteiger partial charge in [0.25, 0.3) is 5.91 Å². The number of sulfonamides is 1. The summed E-state index contributed by atoms with van der Waals surface area (Å²) in [5.74, 6) is 0.593. The summed E-state index contributed by atoms with van der Waals surface area (Å²) in [5, 5.41) is 4.36. The van der Waals surface area contributed by atoms with E-state index in [2.05, 4.69) is 10.5 Å². The molecule has 0 aliphatic heterocycles.